The number of carbonyl (C=O) groups excluding carboxylic acids is 2. The fraction of sp³-hybridized carbons (Fsp3) is 0.0667. The molecule has 3 N–H and O–H groups in total. The van der Waals surface area contributed by atoms with Gasteiger partial charge in [0.05, 0.1) is 16.7 Å². The summed E-state index contributed by atoms with van der Waals surface area (Å²) in [5.74, 6) is -1.30. The summed E-state index contributed by atoms with van der Waals surface area (Å²) in [5, 5.41) is 20.4. The maximum Gasteiger partial charge on any atom is 0.488 e. The molecule has 0 saturated carbocycles. The van der Waals surface area contributed by atoms with Crippen molar-refractivity contribution < 1.29 is 32.8 Å². The van der Waals surface area contributed by atoms with E-state index >= 15 is 0 Å². The van der Waals surface area contributed by atoms with Crippen molar-refractivity contribution >= 4 is 24.4 Å². The molecule has 0 unspecified atom stereocenters. The molecule has 122 valence electrons. The third-order valence-corrected chi connectivity index (χ3v) is 3.69. The Morgan fingerprint density at radius 1 is 0.875 bits per heavy atom. The Morgan fingerprint density at radius 2 is 1.54 bits per heavy atom. The first kappa shape index (κ1) is 16.2. The molecule has 2 aromatic carbocycles. The number of nitrogens with one attached hydrogen (secondary N) is 1. The minimum Gasteiger partial charge on any atom is -0.423 e. The van der Waals surface area contributed by atoms with Crippen LogP contribution in [0.25, 0.3) is 11.1 Å². The number of benzene rings is 2. The zero-order chi connectivity index (χ0) is 17.6. The molecule has 5 nitrogen and oxygen atoms in total. The van der Waals surface area contributed by atoms with Crippen molar-refractivity contribution in [2.24, 2.45) is 0 Å². The van der Waals surface area contributed by atoms with E-state index in [0.717, 1.165) is 18.2 Å². The van der Waals surface area contributed by atoms with Crippen molar-refractivity contribution in [1.29, 1.82) is 0 Å². The first-order valence-electron chi connectivity index (χ1n) is 6.76. The summed E-state index contributed by atoms with van der Waals surface area (Å²) in [6.07, 6.45) is -4.68. The molecule has 1 heterocycles. The second kappa shape index (κ2) is 5.46. The SMILES string of the molecule is O=C1NC(=O)c2cc(-c3cc(B(O)O)ccc3C(F)(F)F)ccc21. The highest BCUT2D eigenvalue weighted by molar-refractivity contribution is 6.58. The third-order valence-electron chi connectivity index (χ3n) is 3.69. The highest BCUT2D eigenvalue weighted by atomic mass is 19.4. The van der Waals surface area contributed by atoms with Crippen molar-refractivity contribution in [2.45, 2.75) is 6.18 Å². The number of hydrogen-bond donors (Lipinski definition) is 3. The van der Waals surface area contributed by atoms with E-state index in [-0.39, 0.29) is 27.7 Å². The van der Waals surface area contributed by atoms with E-state index in [1.54, 1.807) is 0 Å². The summed E-state index contributed by atoms with van der Waals surface area (Å²) < 4.78 is 39.7. The van der Waals surface area contributed by atoms with E-state index in [0.29, 0.717) is 0 Å². The number of hydrogen-bond acceptors (Lipinski definition) is 4. The first-order valence-corrected chi connectivity index (χ1v) is 6.76. The highest BCUT2D eigenvalue weighted by Gasteiger charge is 2.35. The van der Waals surface area contributed by atoms with Gasteiger partial charge in [0.1, 0.15) is 0 Å². The van der Waals surface area contributed by atoms with Crippen molar-refractivity contribution in [3.05, 3.63) is 53.1 Å². The largest absolute Gasteiger partial charge is 0.488 e. The van der Waals surface area contributed by atoms with Crippen LogP contribution in [0.2, 0.25) is 0 Å². The van der Waals surface area contributed by atoms with Gasteiger partial charge < -0.3 is 10.0 Å². The average Bonchev–Trinajstić information content (AvgIpc) is 2.80. The predicted molar refractivity (Wildman–Crippen MR) is 78.5 cm³/mol. The lowest BCUT2D eigenvalue weighted by molar-refractivity contribution is -0.137. The Bertz CT molecular complexity index is 864. The quantitative estimate of drug-likeness (QED) is 0.563. The fourth-order valence-electron chi connectivity index (χ4n) is 2.54. The summed E-state index contributed by atoms with van der Waals surface area (Å²) in [7, 11) is -1.94. The number of imide groups is 1. The van der Waals surface area contributed by atoms with E-state index in [1.807, 2.05) is 0 Å². The van der Waals surface area contributed by atoms with E-state index in [9.17, 15) is 32.8 Å². The molecule has 2 aromatic rings. The van der Waals surface area contributed by atoms with Crippen molar-refractivity contribution in [3.63, 3.8) is 0 Å². The highest BCUT2D eigenvalue weighted by Crippen LogP contribution is 2.37. The molecule has 0 aromatic heterocycles. The number of rotatable bonds is 2. The van der Waals surface area contributed by atoms with Gasteiger partial charge in [-0.05, 0) is 34.8 Å². The third kappa shape index (κ3) is 2.68. The zero-order valence-corrected chi connectivity index (χ0v) is 11.9. The van der Waals surface area contributed by atoms with Gasteiger partial charge >= 0.3 is 13.3 Å². The molecule has 2 amide bonds. The fourth-order valence-corrected chi connectivity index (χ4v) is 2.54. The summed E-state index contributed by atoms with van der Waals surface area (Å²) in [6.45, 7) is 0. The molecule has 1 aliphatic rings. The van der Waals surface area contributed by atoms with Crippen LogP contribution in [0, 0.1) is 0 Å². The van der Waals surface area contributed by atoms with Crippen LogP contribution >= 0.6 is 0 Å². The molecule has 0 saturated heterocycles. The second-order valence-electron chi connectivity index (χ2n) is 5.22. The van der Waals surface area contributed by atoms with Crippen LogP contribution < -0.4 is 10.8 Å². The van der Waals surface area contributed by atoms with E-state index < -0.39 is 30.7 Å². The molecule has 3 rings (SSSR count). The van der Waals surface area contributed by atoms with Crippen LogP contribution in [0.5, 0.6) is 0 Å². The second-order valence-corrected chi connectivity index (χ2v) is 5.22. The monoisotopic (exact) mass is 335 g/mol. The Labute approximate surface area is 133 Å². The summed E-state index contributed by atoms with van der Waals surface area (Å²) in [5.41, 5.74) is -1.34. The first-order chi connectivity index (χ1) is 11.2. The lowest BCUT2D eigenvalue weighted by atomic mass is 9.78. The van der Waals surface area contributed by atoms with E-state index in [2.05, 4.69) is 5.32 Å². The molecule has 9 heteroatoms. The minimum atomic E-state index is -4.68. The number of alkyl halides is 3. The van der Waals surface area contributed by atoms with Gasteiger partial charge in [0.25, 0.3) is 11.8 Å². The smallest absolute Gasteiger partial charge is 0.423 e. The van der Waals surface area contributed by atoms with Gasteiger partial charge in [0, 0.05) is 0 Å². The molecule has 24 heavy (non-hydrogen) atoms. The van der Waals surface area contributed by atoms with Crippen LogP contribution in [0.4, 0.5) is 13.2 Å². The van der Waals surface area contributed by atoms with Crippen molar-refractivity contribution in [3.8, 4) is 11.1 Å². The normalized spacial score (nSPS) is 13.7. The number of fused-ring (bicyclic) bond motifs is 1. The minimum absolute atomic E-state index is 0.0272. The van der Waals surface area contributed by atoms with Gasteiger partial charge in [0.2, 0.25) is 0 Å². The van der Waals surface area contributed by atoms with Gasteiger partial charge in [-0.2, -0.15) is 13.2 Å². The molecule has 0 fully saturated rings. The van der Waals surface area contributed by atoms with Gasteiger partial charge in [-0.1, -0.05) is 18.2 Å². The Kier molecular flexibility index (Phi) is 3.69. The Hall–Kier alpha value is -2.65. The standard InChI is InChI=1S/C15H9BF3NO4/c17-15(18,19)12-4-2-8(16(23)24)6-10(12)7-1-3-9-11(5-7)14(22)20-13(9)21/h1-6,23-24H,(H,20,21,22). The number of halogens is 3. The van der Waals surface area contributed by atoms with Crippen LogP contribution in [0.15, 0.2) is 36.4 Å². The number of amides is 2. The van der Waals surface area contributed by atoms with Crippen LogP contribution in [-0.2, 0) is 6.18 Å². The molecule has 0 radical (unpaired) electrons. The molecular formula is C15H9BF3NO4. The lowest BCUT2D eigenvalue weighted by Crippen LogP contribution is -2.30. The molecule has 0 atom stereocenters. The zero-order valence-electron chi connectivity index (χ0n) is 11.9. The van der Waals surface area contributed by atoms with E-state index in [1.165, 1.54) is 18.2 Å². The van der Waals surface area contributed by atoms with Crippen molar-refractivity contribution in [2.75, 3.05) is 0 Å². The summed E-state index contributed by atoms with van der Waals surface area (Å²) in [6, 6.07) is 6.39. The maximum absolute atomic E-state index is 13.2. The van der Waals surface area contributed by atoms with Crippen LogP contribution in [0.1, 0.15) is 26.3 Å². The van der Waals surface area contributed by atoms with Gasteiger partial charge in [-0.15, -0.1) is 0 Å². The average molecular weight is 335 g/mol. The van der Waals surface area contributed by atoms with Gasteiger partial charge in [-0.3, -0.25) is 14.9 Å². The van der Waals surface area contributed by atoms with Crippen molar-refractivity contribution in [1.82, 2.24) is 5.32 Å². The maximum atomic E-state index is 13.2. The summed E-state index contributed by atoms with van der Waals surface area (Å²) >= 11 is 0. The topological polar surface area (TPSA) is 86.6 Å². The van der Waals surface area contributed by atoms with Gasteiger partial charge in [0.15, 0.2) is 0 Å². The van der Waals surface area contributed by atoms with Gasteiger partial charge in [-0.25, -0.2) is 0 Å². The van der Waals surface area contributed by atoms with Crippen LogP contribution in [-0.4, -0.2) is 29.0 Å². The van der Waals surface area contributed by atoms with Crippen LogP contribution in [0.3, 0.4) is 0 Å². The molecule has 0 bridgehead atoms. The molecule has 0 spiro atoms. The molecule has 1 aliphatic heterocycles. The Morgan fingerprint density at radius 3 is 2.17 bits per heavy atom. The Balaban J connectivity index is 2.22. The molecule has 0 aliphatic carbocycles. The van der Waals surface area contributed by atoms with E-state index in [4.69, 9.17) is 0 Å². The molecular weight excluding hydrogens is 326 g/mol. The predicted octanol–water partition coefficient (Wildman–Crippen LogP) is 0.936. The lowest BCUT2D eigenvalue weighted by Gasteiger charge is -2.15. The summed E-state index contributed by atoms with van der Waals surface area (Å²) in [4.78, 5) is 23.2. The number of carbonyl (C=O) groups is 2.